The summed E-state index contributed by atoms with van der Waals surface area (Å²) in [7, 11) is 0. The van der Waals surface area contributed by atoms with Crippen molar-refractivity contribution in [2.45, 2.75) is 18.6 Å². The Bertz CT molecular complexity index is 999. The van der Waals surface area contributed by atoms with Gasteiger partial charge in [-0.25, -0.2) is 0 Å². The van der Waals surface area contributed by atoms with Crippen LogP contribution in [-0.4, -0.2) is 21.8 Å². The molecule has 0 fully saturated rings. The molecule has 2 N–H and O–H groups in total. The van der Waals surface area contributed by atoms with Crippen molar-refractivity contribution in [3.63, 3.8) is 0 Å². The Morgan fingerprint density at radius 1 is 1.07 bits per heavy atom. The van der Waals surface area contributed by atoms with Gasteiger partial charge in [-0.2, -0.15) is 0 Å². The summed E-state index contributed by atoms with van der Waals surface area (Å²) in [5.74, 6) is -0.822. The summed E-state index contributed by atoms with van der Waals surface area (Å²) in [5.41, 5.74) is 0.418. The maximum Gasteiger partial charge on any atom is 0.264 e. The number of para-hydroxylation sites is 1. The van der Waals surface area contributed by atoms with Crippen molar-refractivity contribution in [1.29, 1.82) is 0 Å². The van der Waals surface area contributed by atoms with Crippen LogP contribution >= 0.6 is 11.6 Å². The molecule has 0 radical (unpaired) electrons. The fourth-order valence-corrected chi connectivity index (χ4v) is 3.56. The standard InChI is InChI=1S/C21H17ClN2O3/c22-15-9-7-14(8-10-15)13-24-18-6-2-1-4-16(18)21(27,20(24)26)12-19(25)17-5-3-11-23-17/h1-11,23,27H,12-13H2. The molecule has 27 heavy (non-hydrogen) atoms. The van der Waals surface area contributed by atoms with Gasteiger partial charge in [0, 0.05) is 16.8 Å². The van der Waals surface area contributed by atoms with E-state index in [2.05, 4.69) is 4.98 Å². The van der Waals surface area contributed by atoms with Crippen LogP contribution in [0.4, 0.5) is 5.69 Å². The Balaban J connectivity index is 1.68. The number of anilines is 1. The molecule has 5 nitrogen and oxygen atoms in total. The van der Waals surface area contributed by atoms with Gasteiger partial charge in [-0.1, -0.05) is 41.9 Å². The van der Waals surface area contributed by atoms with E-state index in [1.54, 1.807) is 54.7 Å². The number of carbonyl (C=O) groups excluding carboxylic acids is 2. The molecule has 1 unspecified atom stereocenters. The number of aliphatic hydroxyl groups is 1. The van der Waals surface area contributed by atoms with Gasteiger partial charge in [-0.15, -0.1) is 0 Å². The van der Waals surface area contributed by atoms with Crippen LogP contribution in [0.5, 0.6) is 0 Å². The highest BCUT2D eigenvalue weighted by molar-refractivity contribution is 6.30. The topological polar surface area (TPSA) is 73.4 Å². The summed E-state index contributed by atoms with van der Waals surface area (Å²) >= 11 is 5.93. The number of aromatic nitrogens is 1. The normalized spacial score (nSPS) is 18.6. The van der Waals surface area contributed by atoms with E-state index in [0.29, 0.717) is 22.0 Å². The van der Waals surface area contributed by atoms with E-state index in [-0.39, 0.29) is 18.7 Å². The molecule has 1 atom stereocenters. The van der Waals surface area contributed by atoms with E-state index < -0.39 is 11.5 Å². The van der Waals surface area contributed by atoms with Gasteiger partial charge in [0.1, 0.15) is 0 Å². The van der Waals surface area contributed by atoms with Crippen LogP contribution < -0.4 is 4.90 Å². The second-order valence-electron chi connectivity index (χ2n) is 6.58. The number of nitrogens with one attached hydrogen (secondary N) is 1. The summed E-state index contributed by atoms with van der Waals surface area (Å²) in [6.45, 7) is 0.284. The first-order valence-electron chi connectivity index (χ1n) is 8.54. The zero-order chi connectivity index (χ0) is 19.0. The molecule has 0 saturated carbocycles. The molecule has 136 valence electrons. The minimum Gasteiger partial charge on any atom is -0.375 e. The van der Waals surface area contributed by atoms with Gasteiger partial charge in [0.15, 0.2) is 11.4 Å². The van der Waals surface area contributed by atoms with Crippen molar-refractivity contribution in [3.05, 3.63) is 88.7 Å². The molecule has 3 aromatic rings. The molecule has 2 aromatic carbocycles. The van der Waals surface area contributed by atoms with Gasteiger partial charge in [0.2, 0.25) is 0 Å². The van der Waals surface area contributed by atoms with Crippen LogP contribution in [0.2, 0.25) is 5.02 Å². The zero-order valence-electron chi connectivity index (χ0n) is 14.4. The third-order valence-electron chi connectivity index (χ3n) is 4.81. The number of fused-ring (bicyclic) bond motifs is 1. The van der Waals surface area contributed by atoms with E-state index in [1.807, 2.05) is 12.1 Å². The van der Waals surface area contributed by atoms with Crippen molar-refractivity contribution in [2.24, 2.45) is 0 Å². The molecule has 0 bridgehead atoms. The Morgan fingerprint density at radius 2 is 1.81 bits per heavy atom. The fourth-order valence-electron chi connectivity index (χ4n) is 3.44. The minimum absolute atomic E-state index is 0.284. The predicted molar refractivity (Wildman–Crippen MR) is 103 cm³/mol. The molecule has 1 aromatic heterocycles. The second kappa shape index (κ2) is 6.68. The number of ketones is 1. The van der Waals surface area contributed by atoms with Gasteiger partial charge in [0.05, 0.1) is 24.3 Å². The van der Waals surface area contributed by atoms with Gasteiger partial charge in [-0.3, -0.25) is 9.59 Å². The Kier molecular flexibility index (Phi) is 4.34. The van der Waals surface area contributed by atoms with E-state index in [4.69, 9.17) is 11.6 Å². The second-order valence-corrected chi connectivity index (χ2v) is 7.02. The maximum atomic E-state index is 13.1. The van der Waals surface area contributed by atoms with Crippen molar-refractivity contribution in [2.75, 3.05) is 4.90 Å². The van der Waals surface area contributed by atoms with Crippen LogP contribution in [0, 0.1) is 0 Å². The molecule has 6 heteroatoms. The average Bonchev–Trinajstić information content (AvgIpc) is 3.27. The van der Waals surface area contributed by atoms with Gasteiger partial charge >= 0.3 is 0 Å². The number of Topliss-reactive ketones (excluding diaryl/α,β-unsaturated/α-hetero) is 1. The zero-order valence-corrected chi connectivity index (χ0v) is 15.1. The number of amides is 1. The summed E-state index contributed by atoms with van der Waals surface area (Å²) in [5, 5.41) is 11.8. The molecule has 0 aliphatic carbocycles. The molecule has 0 saturated heterocycles. The Hall–Kier alpha value is -2.89. The van der Waals surface area contributed by atoms with Crippen LogP contribution in [0.1, 0.15) is 28.0 Å². The lowest BCUT2D eigenvalue weighted by Crippen LogP contribution is -2.41. The Morgan fingerprint density at radius 3 is 2.52 bits per heavy atom. The quantitative estimate of drug-likeness (QED) is 0.663. The summed E-state index contributed by atoms with van der Waals surface area (Å²) in [6, 6.07) is 17.5. The monoisotopic (exact) mass is 380 g/mol. The molecular formula is C21H17ClN2O3. The molecular weight excluding hydrogens is 364 g/mol. The average molecular weight is 381 g/mol. The van der Waals surface area contributed by atoms with Crippen LogP contribution in [-0.2, 0) is 16.9 Å². The maximum absolute atomic E-state index is 13.1. The number of aromatic amines is 1. The highest BCUT2D eigenvalue weighted by atomic mass is 35.5. The van der Waals surface area contributed by atoms with Crippen LogP contribution in [0.3, 0.4) is 0 Å². The number of nitrogens with zero attached hydrogens (tertiary/aromatic N) is 1. The number of benzene rings is 2. The molecule has 2 heterocycles. The Labute approximate surface area is 161 Å². The van der Waals surface area contributed by atoms with E-state index in [1.165, 1.54) is 4.90 Å². The third kappa shape index (κ3) is 3.05. The fraction of sp³-hybridized carbons (Fsp3) is 0.143. The summed E-state index contributed by atoms with van der Waals surface area (Å²) < 4.78 is 0. The molecule has 0 spiro atoms. The lowest BCUT2D eigenvalue weighted by atomic mass is 9.89. The highest BCUT2D eigenvalue weighted by Gasteiger charge is 2.50. The highest BCUT2D eigenvalue weighted by Crippen LogP contribution is 2.43. The van der Waals surface area contributed by atoms with Crippen molar-refractivity contribution in [1.82, 2.24) is 4.98 Å². The van der Waals surface area contributed by atoms with E-state index in [9.17, 15) is 14.7 Å². The number of H-pyrrole nitrogens is 1. The number of hydrogen-bond acceptors (Lipinski definition) is 3. The summed E-state index contributed by atoms with van der Waals surface area (Å²) in [4.78, 5) is 30.0. The van der Waals surface area contributed by atoms with Crippen LogP contribution in [0.15, 0.2) is 66.9 Å². The first-order chi connectivity index (χ1) is 13.0. The molecule has 1 aliphatic heterocycles. The smallest absolute Gasteiger partial charge is 0.264 e. The minimum atomic E-state index is -1.88. The largest absolute Gasteiger partial charge is 0.375 e. The number of hydrogen-bond donors (Lipinski definition) is 2. The first kappa shape index (κ1) is 17.5. The van der Waals surface area contributed by atoms with Gasteiger partial charge in [-0.05, 0) is 35.9 Å². The number of carbonyl (C=O) groups is 2. The predicted octanol–water partition coefficient (Wildman–Crippen LogP) is 3.68. The van der Waals surface area contributed by atoms with Crippen LogP contribution in [0.25, 0.3) is 0 Å². The number of halogens is 1. The molecule has 1 aliphatic rings. The lowest BCUT2D eigenvalue weighted by molar-refractivity contribution is -0.136. The lowest BCUT2D eigenvalue weighted by Gasteiger charge is -2.22. The van der Waals surface area contributed by atoms with Crippen molar-refractivity contribution < 1.29 is 14.7 Å². The van der Waals surface area contributed by atoms with Crippen molar-refractivity contribution in [3.8, 4) is 0 Å². The van der Waals surface area contributed by atoms with Gasteiger partial charge < -0.3 is 15.0 Å². The SMILES string of the molecule is O=C(CC1(O)C(=O)N(Cc2ccc(Cl)cc2)c2ccccc21)c1ccc[nH]1. The van der Waals surface area contributed by atoms with E-state index >= 15 is 0 Å². The van der Waals surface area contributed by atoms with Gasteiger partial charge in [0.25, 0.3) is 5.91 Å². The van der Waals surface area contributed by atoms with Crippen molar-refractivity contribution >= 4 is 29.0 Å². The third-order valence-corrected chi connectivity index (χ3v) is 5.06. The van der Waals surface area contributed by atoms with E-state index in [0.717, 1.165) is 5.56 Å². The molecule has 4 rings (SSSR count). The number of rotatable bonds is 5. The molecule has 1 amide bonds. The summed E-state index contributed by atoms with van der Waals surface area (Å²) in [6.07, 6.45) is 1.31. The first-order valence-corrected chi connectivity index (χ1v) is 8.92.